The van der Waals surface area contributed by atoms with Crippen molar-refractivity contribution >= 4 is 5.97 Å². The molecule has 2 heteroatoms. The van der Waals surface area contributed by atoms with Crippen LogP contribution in [0.2, 0.25) is 0 Å². The molecule has 0 radical (unpaired) electrons. The number of allylic oxidation sites excluding steroid dienone is 3. The summed E-state index contributed by atoms with van der Waals surface area (Å²) in [7, 11) is 1.39. The molecule has 0 fully saturated rings. The molecule has 8 heavy (non-hydrogen) atoms. The zero-order valence-corrected chi connectivity index (χ0v) is 4.76. The zero-order valence-electron chi connectivity index (χ0n) is 4.76. The van der Waals surface area contributed by atoms with Crippen LogP contribution >= 0.6 is 0 Å². The van der Waals surface area contributed by atoms with Gasteiger partial charge in [-0.15, -0.1) is 0 Å². The topological polar surface area (TPSA) is 12.4 Å². The highest BCUT2D eigenvalue weighted by atomic mass is 19.1. The Balaban J connectivity index is 3.69. The summed E-state index contributed by atoms with van der Waals surface area (Å²) in [6.45, 7) is 3.36. The van der Waals surface area contributed by atoms with Crippen molar-refractivity contribution in [1.82, 2.24) is 0 Å². The molecule has 0 aliphatic heterocycles. The lowest BCUT2D eigenvalue weighted by atomic mass is 10.5. The molecule has 0 saturated heterocycles. The van der Waals surface area contributed by atoms with Crippen molar-refractivity contribution in [1.29, 1.82) is 0 Å². The van der Waals surface area contributed by atoms with Gasteiger partial charge in [0.25, 0.3) is 0 Å². The van der Waals surface area contributed by atoms with E-state index in [1.54, 1.807) is 0 Å². The van der Waals surface area contributed by atoms with E-state index < -0.39 is 5.97 Å². The molecule has 0 aliphatic rings. The molecule has 0 aromatic carbocycles. The zero-order chi connectivity index (χ0) is 6.41. The van der Waals surface area contributed by atoms with Gasteiger partial charge in [0.05, 0.1) is 0 Å². The predicted molar refractivity (Wildman–Crippen MR) is 33.8 cm³/mol. The van der Waals surface area contributed by atoms with Gasteiger partial charge in [-0.05, 0) is 6.08 Å². The Kier molecular flexibility index (Phi) is 3.76. The van der Waals surface area contributed by atoms with Crippen LogP contribution in [0.5, 0.6) is 0 Å². The molecule has 0 unspecified atom stereocenters. The van der Waals surface area contributed by atoms with Gasteiger partial charge in [0, 0.05) is 7.05 Å². The summed E-state index contributed by atoms with van der Waals surface area (Å²) < 4.78 is 11.9. The van der Waals surface area contributed by atoms with Gasteiger partial charge in [-0.25, -0.2) is 0 Å². The first kappa shape index (κ1) is 7.08. The van der Waals surface area contributed by atoms with Crippen molar-refractivity contribution in [3.8, 4) is 0 Å². The molecule has 0 aliphatic carbocycles. The van der Waals surface area contributed by atoms with E-state index in [4.69, 9.17) is 0 Å². The molecular formula is C6H8FN. The first-order chi connectivity index (χ1) is 3.81. The summed E-state index contributed by atoms with van der Waals surface area (Å²) >= 11 is 0. The van der Waals surface area contributed by atoms with Gasteiger partial charge >= 0.3 is 0 Å². The summed E-state index contributed by atoms with van der Waals surface area (Å²) in [4.78, 5) is 3.24. The minimum atomic E-state index is -0.482. The Hall–Kier alpha value is -0.920. The molecule has 0 amide bonds. The molecular weight excluding hydrogens is 105 g/mol. The van der Waals surface area contributed by atoms with E-state index in [2.05, 4.69) is 11.6 Å². The SMILES string of the molecule is C=C/C=C\C(F)=NC. The van der Waals surface area contributed by atoms with Crippen molar-refractivity contribution < 1.29 is 4.39 Å². The number of nitrogens with zero attached hydrogens (tertiary/aromatic N) is 1. The standard InChI is InChI=1S/C6H8FN/c1-3-4-5-6(7)8-2/h3-5H,1H2,2H3/b5-4-,8-6?. The summed E-state index contributed by atoms with van der Waals surface area (Å²) in [6, 6.07) is 0. The second-order valence-electron chi connectivity index (χ2n) is 1.14. The fraction of sp³-hybridized carbons (Fsp3) is 0.167. The molecule has 0 aromatic heterocycles. The van der Waals surface area contributed by atoms with Crippen molar-refractivity contribution in [3.63, 3.8) is 0 Å². The normalized spacial score (nSPS) is 12.5. The lowest BCUT2D eigenvalue weighted by Gasteiger charge is -1.76. The van der Waals surface area contributed by atoms with Gasteiger partial charge in [-0.2, -0.15) is 4.39 Å². The monoisotopic (exact) mass is 113 g/mol. The largest absolute Gasteiger partial charge is 0.261 e. The molecule has 44 valence electrons. The lowest BCUT2D eigenvalue weighted by Crippen LogP contribution is -1.77. The molecule has 0 aromatic rings. The summed E-state index contributed by atoms with van der Waals surface area (Å²) in [5, 5.41) is 0. The van der Waals surface area contributed by atoms with E-state index in [-0.39, 0.29) is 0 Å². The third-order valence-corrected chi connectivity index (χ3v) is 0.583. The average Bonchev–Trinajstić information content (AvgIpc) is 1.83. The third kappa shape index (κ3) is 3.28. The molecule has 0 atom stereocenters. The van der Waals surface area contributed by atoms with Gasteiger partial charge in [0.2, 0.25) is 5.97 Å². The minimum Gasteiger partial charge on any atom is -0.261 e. The maximum absolute atomic E-state index is 11.9. The van der Waals surface area contributed by atoms with Crippen LogP contribution in [0.4, 0.5) is 4.39 Å². The van der Waals surface area contributed by atoms with Crippen LogP contribution in [0.15, 0.2) is 29.8 Å². The fourth-order valence-corrected chi connectivity index (χ4v) is 0.222. The quantitative estimate of drug-likeness (QED) is 0.382. The van der Waals surface area contributed by atoms with E-state index in [0.29, 0.717) is 0 Å². The molecule has 0 heterocycles. The average molecular weight is 113 g/mol. The van der Waals surface area contributed by atoms with Crippen LogP contribution in [-0.4, -0.2) is 13.0 Å². The van der Waals surface area contributed by atoms with Gasteiger partial charge in [-0.1, -0.05) is 18.7 Å². The Labute approximate surface area is 48.2 Å². The van der Waals surface area contributed by atoms with E-state index >= 15 is 0 Å². The van der Waals surface area contributed by atoms with Crippen molar-refractivity contribution in [2.45, 2.75) is 0 Å². The number of halogens is 1. The van der Waals surface area contributed by atoms with Crippen LogP contribution in [0.1, 0.15) is 0 Å². The number of hydrogen-bond donors (Lipinski definition) is 0. The van der Waals surface area contributed by atoms with Crippen LogP contribution in [0.25, 0.3) is 0 Å². The molecule has 0 saturated carbocycles. The lowest BCUT2D eigenvalue weighted by molar-refractivity contribution is 0.809. The fourth-order valence-electron chi connectivity index (χ4n) is 0.222. The first-order valence-electron chi connectivity index (χ1n) is 2.22. The van der Waals surface area contributed by atoms with Gasteiger partial charge in [0.1, 0.15) is 0 Å². The molecule has 1 nitrogen and oxygen atoms in total. The first-order valence-corrected chi connectivity index (χ1v) is 2.22. The van der Waals surface area contributed by atoms with Crippen LogP contribution < -0.4 is 0 Å². The van der Waals surface area contributed by atoms with Crippen molar-refractivity contribution in [2.75, 3.05) is 7.05 Å². The minimum absolute atomic E-state index is 0.482. The van der Waals surface area contributed by atoms with E-state index in [1.165, 1.54) is 25.3 Å². The van der Waals surface area contributed by atoms with Crippen molar-refractivity contribution in [2.24, 2.45) is 4.99 Å². The maximum Gasteiger partial charge on any atom is 0.208 e. The molecule has 0 spiro atoms. The third-order valence-electron chi connectivity index (χ3n) is 0.583. The highest BCUT2D eigenvalue weighted by molar-refractivity contribution is 5.86. The smallest absolute Gasteiger partial charge is 0.208 e. The highest BCUT2D eigenvalue weighted by Crippen LogP contribution is 1.81. The van der Waals surface area contributed by atoms with E-state index in [9.17, 15) is 4.39 Å². The summed E-state index contributed by atoms with van der Waals surface area (Å²) in [5.74, 6) is -0.482. The van der Waals surface area contributed by atoms with Crippen molar-refractivity contribution in [3.05, 3.63) is 24.8 Å². The Morgan fingerprint density at radius 1 is 1.75 bits per heavy atom. The second kappa shape index (κ2) is 4.24. The van der Waals surface area contributed by atoms with Crippen LogP contribution in [0.3, 0.4) is 0 Å². The van der Waals surface area contributed by atoms with Gasteiger partial charge in [-0.3, -0.25) is 4.99 Å². The van der Waals surface area contributed by atoms with Gasteiger partial charge < -0.3 is 0 Å². The number of rotatable bonds is 2. The predicted octanol–water partition coefficient (Wildman–Crippen LogP) is 1.73. The Morgan fingerprint density at radius 2 is 2.38 bits per heavy atom. The highest BCUT2D eigenvalue weighted by Gasteiger charge is 1.79. The number of hydrogen-bond acceptors (Lipinski definition) is 1. The van der Waals surface area contributed by atoms with Crippen LogP contribution in [0, 0.1) is 0 Å². The second-order valence-corrected chi connectivity index (χ2v) is 1.14. The Morgan fingerprint density at radius 3 is 2.75 bits per heavy atom. The van der Waals surface area contributed by atoms with E-state index in [0.717, 1.165) is 0 Å². The molecule has 0 bridgehead atoms. The summed E-state index contributed by atoms with van der Waals surface area (Å²) in [5.41, 5.74) is 0. The molecule has 0 rings (SSSR count). The van der Waals surface area contributed by atoms with Gasteiger partial charge in [0.15, 0.2) is 0 Å². The summed E-state index contributed by atoms with van der Waals surface area (Å²) in [6.07, 6.45) is 4.22. The van der Waals surface area contributed by atoms with Crippen LogP contribution in [-0.2, 0) is 0 Å². The number of aliphatic imine (C=N–C) groups is 1. The molecule has 0 N–H and O–H groups in total. The Bertz CT molecular complexity index is 124. The van der Waals surface area contributed by atoms with E-state index in [1.807, 2.05) is 0 Å². The maximum atomic E-state index is 11.9.